The molecule has 0 fully saturated rings. The van der Waals surface area contributed by atoms with Gasteiger partial charge in [0, 0.05) is 11.4 Å². The minimum absolute atomic E-state index is 0.00880. The summed E-state index contributed by atoms with van der Waals surface area (Å²) in [6.07, 6.45) is 0.982. The lowest BCUT2D eigenvalue weighted by Crippen LogP contribution is -2.34. The molecule has 1 atom stereocenters. The first kappa shape index (κ1) is 13.9. The standard InChI is InChI=1S/C14H17NO3S/c1-2-18-13(16)7-8-15-14(17)12-9-10-5-3-4-6-11(10)19-12/h3-6,12H,2,7-9H2,1H3,(H,15,17). The molecule has 0 aliphatic carbocycles. The third-order valence-electron chi connectivity index (χ3n) is 2.87. The lowest BCUT2D eigenvalue weighted by atomic mass is 10.1. The van der Waals surface area contributed by atoms with Gasteiger partial charge in [-0.1, -0.05) is 18.2 Å². The first-order valence-electron chi connectivity index (χ1n) is 6.38. The van der Waals surface area contributed by atoms with Crippen molar-refractivity contribution in [1.82, 2.24) is 5.32 Å². The molecule has 0 aromatic heterocycles. The lowest BCUT2D eigenvalue weighted by Gasteiger charge is -2.09. The summed E-state index contributed by atoms with van der Waals surface area (Å²) in [5, 5.41) is 2.70. The van der Waals surface area contributed by atoms with E-state index < -0.39 is 0 Å². The van der Waals surface area contributed by atoms with Gasteiger partial charge in [0.2, 0.25) is 5.91 Å². The van der Waals surface area contributed by atoms with Crippen LogP contribution in [0.5, 0.6) is 0 Å². The third-order valence-corrected chi connectivity index (χ3v) is 4.19. The van der Waals surface area contributed by atoms with Gasteiger partial charge in [0.05, 0.1) is 18.3 Å². The number of fused-ring (bicyclic) bond motifs is 1. The number of thioether (sulfide) groups is 1. The first-order valence-corrected chi connectivity index (χ1v) is 7.26. The molecular formula is C14H17NO3S. The van der Waals surface area contributed by atoms with Crippen LogP contribution in [0.25, 0.3) is 0 Å². The molecular weight excluding hydrogens is 262 g/mol. The number of carbonyl (C=O) groups is 2. The van der Waals surface area contributed by atoms with E-state index in [0.29, 0.717) is 13.2 Å². The number of esters is 1. The molecule has 1 amide bonds. The Morgan fingerprint density at radius 1 is 1.42 bits per heavy atom. The molecule has 1 unspecified atom stereocenters. The van der Waals surface area contributed by atoms with Gasteiger partial charge < -0.3 is 10.1 Å². The van der Waals surface area contributed by atoms with Crippen LogP contribution in [0.15, 0.2) is 29.2 Å². The Kier molecular flexibility index (Phi) is 4.85. The fourth-order valence-corrected chi connectivity index (χ4v) is 3.18. The fourth-order valence-electron chi connectivity index (χ4n) is 1.96. The maximum Gasteiger partial charge on any atom is 0.307 e. The Bertz CT molecular complexity index is 451. The summed E-state index contributed by atoms with van der Waals surface area (Å²) in [7, 11) is 0. The number of benzene rings is 1. The van der Waals surface area contributed by atoms with Crippen molar-refractivity contribution in [1.29, 1.82) is 0 Å². The van der Waals surface area contributed by atoms with Crippen molar-refractivity contribution in [3.63, 3.8) is 0 Å². The van der Waals surface area contributed by atoms with Crippen molar-refractivity contribution in [3.05, 3.63) is 29.8 Å². The Morgan fingerprint density at radius 3 is 2.95 bits per heavy atom. The van der Waals surface area contributed by atoms with E-state index in [-0.39, 0.29) is 23.5 Å². The number of hydrogen-bond donors (Lipinski definition) is 1. The smallest absolute Gasteiger partial charge is 0.307 e. The zero-order valence-electron chi connectivity index (χ0n) is 10.8. The highest BCUT2D eigenvalue weighted by atomic mass is 32.2. The molecule has 1 aromatic carbocycles. The number of nitrogens with one attached hydrogen (secondary N) is 1. The quantitative estimate of drug-likeness (QED) is 0.835. The predicted molar refractivity (Wildman–Crippen MR) is 74.1 cm³/mol. The largest absolute Gasteiger partial charge is 0.466 e. The molecule has 0 radical (unpaired) electrons. The van der Waals surface area contributed by atoms with E-state index in [1.165, 1.54) is 10.5 Å². The molecule has 1 N–H and O–H groups in total. The van der Waals surface area contributed by atoms with Crippen molar-refractivity contribution in [2.45, 2.75) is 29.9 Å². The summed E-state index contributed by atoms with van der Waals surface area (Å²) in [5.74, 6) is -0.282. The molecule has 2 rings (SSSR count). The van der Waals surface area contributed by atoms with Crippen molar-refractivity contribution < 1.29 is 14.3 Å². The number of hydrogen-bond acceptors (Lipinski definition) is 4. The Morgan fingerprint density at radius 2 is 2.21 bits per heavy atom. The van der Waals surface area contributed by atoms with Crippen LogP contribution in [0, 0.1) is 0 Å². The molecule has 4 nitrogen and oxygen atoms in total. The van der Waals surface area contributed by atoms with E-state index in [1.54, 1.807) is 18.7 Å². The first-order chi connectivity index (χ1) is 9.20. The third kappa shape index (κ3) is 3.73. The normalized spacial score (nSPS) is 16.8. The van der Waals surface area contributed by atoms with Gasteiger partial charge in [-0.05, 0) is 25.0 Å². The molecule has 1 aliphatic rings. The fraction of sp³-hybridized carbons (Fsp3) is 0.429. The molecule has 102 valence electrons. The summed E-state index contributed by atoms with van der Waals surface area (Å²) in [4.78, 5) is 24.3. The topological polar surface area (TPSA) is 55.4 Å². The van der Waals surface area contributed by atoms with E-state index >= 15 is 0 Å². The highest BCUT2D eigenvalue weighted by Gasteiger charge is 2.27. The highest BCUT2D eigenvalue weighted by molar-refractivity contribution is 8.01. The maximum atomic E-state index is 12.0. The van der Waals surface area contributed by atoms with Gasteiger partial charge >= 0.3 is 5.97 Å². The summed E-state index contributed by atoms with van der Waals surface area (Å²) in [6.45, 7) is 2.48. The second-order valence-corrected chi connectivity index (χ2v) is 5.51. The average Bonchev–Trinajstić information content (AvgIpc) is 2.82. The van der Waals surface area contributed by atoms with Crippen LogP contribution in [-0.4, -0.2) is 30.3 Å². The van der Waals surface area contributed by atoms with Gasteiger partial charge in [-0.15, -0.1) is 11.8 Å². The molecule has 5 heteroatoms. The van der Waals surface area contributed by atoms with Crippen LogP contribution in [0.1, 0.15) is 18.9 Å². The Balaban J connectivity index is 1.76. The van der Waals surface area contributed by atoms with E-state index in [9.17, 15) is 9.59 Å². The number of ether oxygens (including phenoxy) is 1. The summed E-state index contributed by atoms with van der Waals surface area (Å²) in [6, 6.07) is 8.05. The van der Waals surface area contributed by atoms with Crippen molar-refractivity contribution in [3.8, 4) is 0 Å². The molecule has 1 aliphatic heterocycles. The molecule has 0 saturated carbocycles. The second kappa shape index (κ2) is 6.61. The number of carbonyl (C=O) groups excluding carboxylic acids is 2. The monoisotopic (exact) mass is 279 g/mol. The lowest BCUT2D eigenvalue weighted by molar-refractivity contribution is -0.143. The van der Waals surface area contributed by atoms with E-state index in [2.05, 4.69) is 5.32 Å². The van der Waals surface area contributed by atoms with Crippen molar-refractivity contribution >= 4 is 23.6 Å². The second-order valence-electron chi connectivity index (χ2n) is 4.26. The van der Waals surface area contributed by atoms with Crippen LogP contribution < -0.4 is 5.32 Å². The molecule has 19 heavy (non-hydrogen) atoms. The average molecular weight is 279 g/mol. The molecule has 0 saturated heterocycles. The molecule has 1 aromatic rings. The molecule has 0 bridgehead atoms. The van der Waals surface area contributed by atoms with Crippen LogP contribution in [-0.2, 0) is 20.7 Å². The van der Waals surface area contributed by atoms with Gasteiger partial charge in [-0.2, -0.15) is 0 Å². The van der Waals surface area contributed by atoms with Gasteiger partial charge in [-0.25, -0.2) is 0 Å². The number of rotatable bonds is 5. The van der Waals surface area contributed by atoms with Crippen molar-refractivity contribution in [2.75, 3.05) is 13.2 Å². The van der Waals surface area contributed by atoms with Crippen LogP contribution in [0.4, 0.5) is 0 Å². The number of amides is 1. The van der Waals surface area contributed by atoms with E-state index in [0.717, 1.165) is 6.42 Å². The SMILES string of the molecule is CCOC(=O)CCNC(=O)C1Cc2ccccc2S1. The highest BCUT2D eigenvalue weighted by Crippen LogP contribution is 2.36. The van der Waals surface area contributed by atoms with Gasteiger partial charge in [0.15, 0.2) is 0 Å². The summed E-state index contributed by atoms with van der Waals surface area (Å²) >= 11 is 1.59. The molecule has 0 spiro atoms. The summed E-state index contributed by atoms with van der Waals surface area (Å²) < 4.78 is 4.80. The predicted octanol–water partition coefficient (Wildman–Crippen LogP) is 1.77. The van der Waals surface area contributed by atoms with Crippen LogP contribution in [0.2, 0.25) is 0 Å². The minimum Gasteiger partial charge on any atom is -0.466 e. The van der Waals surface area contributed by atoms with Crippen LogP contribution >= 0.6 is 11.8 Å². The van der Waals surface area contributed by atoms with Crippen molar-refractivity contribution in [2.24, 2.45) is 0 Å². The zero-order valence-corrected chi connectivity index (χ0v) is 11.7. The van der Waals surface area contributed by atoms with Gasteiger partial charge in [0.1, 0.15) is 0 Å². The Labute approximate surface area is 116 Å². The Hall–Kier alpha value is -1.49. The van der Waals surface area contributed by atoms with Crippen LogP contribution in [0.3, 0.4) is 0 Å². The minimum atomic E-state index is -0.273. The van der Waals surface area contributed by atoms with Gasteiger partial charge in [-0.3, -0.25) is 9.59 Å². The van der Waals surface area contributed by atoms with E-state index in [1.807, 2.05) is 24.3 Å². The van der Waals surface area contributed by atoms with Gasteiger partial charge in [0.25, 0.3) is 0 Å². The zero-order chi connectivity index (χ0) is 13.7. The molecule has 1 heterocycles. The maximum absolute atomic E-state index is 12.0. The summed E-state index contributed by atoms with van der Waals surface area (Å²) in [5.41, 5.74) is 1.22. The van der Waals surface area contributed by atoms with E-state index in [4.69, 9.17) is 4.74 Å².